The van der Waals surface area contributed by atoms with Gasteiger partial charge in [-0.15, -0.1) is 0 Å². The average Bonchev–Trinajstić information content (AvgIpc) is 2.82. The van der Waals surface area contributed by atoms with Gasteiger partial charge in [0.15, 0.2) is 0 Å². The number of hydrogen-bond acceptors (Lipinski definition) is 4. The normalized spacial score (nSPS) is 24.8. The number of carbonyl (C=O) groups is 2. The molecule has 5 nitrogen and oxygen atoms in total. The molecule has 0 aliphatic heterocycles. The molecule has 0 radical (unpaired) electrons. The minimum absolute atomic E-state index is 0.105. The van der Waals surface area contributed by atoms with Crippen LogP contribution in [-0.4, -0.2) is 41.6 Å². The van der Waals surface area contributed by atoms with Crippen LogP contribution >= 0.6 is 11.8 Å². The molecule has 1 amide bonds. The van der Waals surface area contributed by atoms with Crippen molar-refractivity contribution in [1.29, 1.82) is 0 Å². The van der Waals surface area contributed by atoms with Gasteiger partial charge in [0.2, 0.25) is 5.91 Å². The van der Waals surface area contributed by atoms with Crippen molar-refractivity contribution >= 4 is 23.6 Å². The number of carboxylic acid groups (broad SMARTS) is 1. The lowest BCUT2D eigenvalue weighted by molar-refractivity contribution is -0.142. The van der Waals surface area contributed by atoms with Gasteiger partial charge in [-0.05, 0) is 43.7 Å². The maximum atomic E-state index is 12.1. The largest absolute Gasteiger partial charge is 0.480 e. The summed E-state index contributed by atoms with van der Waals surface area (Å²) in [6.07, 6.45) is 5.17. The highest BCUT2D eigenvalue weighted by molar-refractivity contribution is 7.98. The summed E-state index contributed by atoms with van der Waals surface area (Å²) < 4.78 is 0. The molecule has 0 spiro atoms. The van der Waals surface area contributed by atoms with Gasteiger partial charge < -0.3 is 16.2 Å². The Morgan fingerprint density at radius 3 is 2.78 bits per heavy atom. The van der Waals surface area contributed by atoms with E-state index in [-0.39, 0.29) is 17.7 Å². The Bertz CT molecular complexity index is 299. The summed E-state index contributed by atoms with van der Waals surface area (Å²) in [5, 5.41) is 11.7. The molecular formula is C12H22N2O3S. The van der Waals surface area contributed by atoms with Crippen molar-refractivity contribution in [3.05, 3.63) is 0 Å². The zero-order valence-corrected chi connectivity index (χ0v) is 11.5. The van der Waals surface area contributed by atoms with Gasteiger partial charge in [0.05, 0.1) is 0 Å². The van der Waals surface area contributed by atoms with Gasteiger partial charge in [-0.1, -0.05) is 6.42 Å². The summed E-state index contributed by atoms with van der Waals surface area (Å²) in [5.74, 6) is -0.273. The van der Waals surface area contributed by atoms with E-state index in [1.165, 1.54) is 0 Å². The van der Waals surface area contributed by atoms with E-state index in [1.54, 1.807) is 11.8 Å². The number of carboxylic acids is 1. The van der Waals surface area contributed by atoms with Crippen LogP contribution in [0.5, 0.6) is 0 Å². The third-order valence-corrected chi connectivity index (χ3v) is 4.17. The lowest BCUT2D eigenvalue weighted by Crippen LogP contribution is -2.45. The zero-order chi connectivity index (χ0) is 13.5. The van der Waals surface area contributed by atoms with E-state index >= 15 is 0 Å². The number of thioether (sulfide) groups is 1. The summed E-state index contributed by atoms with van der Waals surface area (Å²) in [6.45, 7) is 0.501. The number of hydrogen-bond donors (Lipinski definition) is 3. The lowest BCUT2D eigenvalue weighted by atomic mass is 9.95. The second-order valence-electron chi connectivity index (χ2n) is 4.71. The van der Waals surface area contributed by atoms with E-state index in [9.17, 15) is 9.59 Å². The van der Waals surface area contributed by atoms with Crippen molar-refractivity contribution in [2.75, 3.05) is 18.6 Å². The first kappa shape index (κ1) is 15.3. The van der Waals surface area contributed by atoms with E-state index in [0.717, 1.165) is 25.0 Å². The van der Waals surface area contributed by atoms with Crippen molar-refractivity contribution < 1.29 is 14.7 Å². The SMILES string of the molecule is CSCC[C@H](NC(=O)C1CCCC1CN)C(=O)O. The standard InChI is InChI=1S/C12H22N2O3S/c1-18-6-5-10(12(16)17)14-11(15)9-4-2-3-8(9)7-13/h8-10H,2-7,13H2,1H3,(H,14,15)(H,16,17)/t8?,9?,10-/m0/s1. The molecule has 1 fully saturated rings. The molecule has 104 valence electrons. The van der Waals surface area contributed by atoms with Gasteiger partial charge in [0, 0.05) is 5.92 Å². The van der Waals surface area contributed by atoms with Crippen LogP contribution in [-0.2, 0) is 9.59 Å². The lowest BCUT2D eigenvalue weighted by Gasteiger charge is -2.20. The van der Waals surface area contributed by atoms with Crippen LogP contribution in [0.25, 0.3) is 0 Å². The maximum absolute atomic E-state index is 12.1. The predicted molar refractivity (Wildman–Crippen MR) is 72.5 cm³/mol. The number of aliphatic carboxylic acids is 1. The van der Waals surface area contributed by atoms with Crippen molar-refractivity contribution in [1.82, 2.24) is 5.32 Å². The fourth-order valence-corrected chi connectivity index (χ4v) is 2.91. The number of nitrogens with one attached hydrogen (secondary N) is 1. The zero-order valence-electron chi connectivity index (χ0n) is 10.7. The topological polar surface area (TPSA) is 92.4 Å². The summed E-state index contributed by atoms with van der Waals surface area (Å²) in [4.78, 5) is 23.1. The Morgan fingerprint density at radius 2 is 2.22 bits per heavy atom. The average molecular weight is 274 g/mol. The Hall–Kier alpha value is -0.750. The van der Waals surface area contributed by atoms with Gasteiger partial charge in [-0.3, -0.25) is 4.79 Å². The van der Waals surface area contributed by atoms with Crippen LogP contribution in [0.15, 0.2) is 0 Å². The molecule has 18 heavy (non-hydrogen) atoms. The molecule has 1 aliphatic carbocycles. The van der Waals surface area contributed by atoms with E-state index < -0.39 is 12.0 Å². The molecule has 0 aromatic rings. The monoisotopic (exact) mass is 274 g/mol. The summed E-state index contributed by atoms with van der Waals surface area (Å²) >= 11 is 1.58. The van der Waals surface area contributed by atoms with Gasteiger partial charge in [0.1, 0.15) is 6.04 Å². The fraction of sp³-hybridized carbons (Fsp3) is 0.833. The summed E-state index contributed by atoms with van der Waals surface area (Å²) in [5.41, 5.74) is 5.63. The Labute approximate surface area is 112 Å². The molecule has 1 aliphatic rings. The Kier molecular flexibility index (Phi) is 6.49. The molecule has 1 saturated carbocycles. The van der Waals surface area contributed by atoms with Gasteiger partial charge >= 0.3 is 5.97 Å². The number of nitrogens with two attached hydrogens (primary N) is 1. The molecular weight excluding hydrogens is 252 g/mol. The second-order valence-corrected chi connectivity index (χ2v) is 5.70. The third-order valence-electron chi connectivity index (χ3n) is 3.52. The molecule has 1 rings (SSSR count). The van der Waals surface area contributed by atoms with Crippen LogP contribution in [0.1, 0.15) is 25.7 Å². The van der Waals surface area contributed by atoms with Crippen LogP contribution in [0, 0.1) is 11.8 Å². The quantitative estimate of drug-likeness (QED) is 0.635. The molecule has 6 heteroatoms. The maximum Gasteiger partial charge on any atom is 0.326 e. The molecule has 0 aromatic heterocycles. The van der Waals surface area contributed by atoms with Crippen molar-refractivity contribution in [2.45, 2.75) is 31.7 Å². The highest BCUT2D eigenvalue weighted by Gasteiger charge is 2.33. The van der Waals surface area contributed by atoms with Crippen LogP contribution < -0.4 is 11.1 Å². The molecule has 3 atom stereocenters. The van der Waals surface area contributed by atoms with Crippen molar-refractivity contribution in [2.24, 2.45) is 17.6 Å². The second kappa shape index (κ2) is 7.63. The minimum Gasteiger partial charge on any atom is -0.480 e. The van der Waals surface area contributed by atoms with Gasteiger partial charge in [-0.25, -0.2) is 4.79 Å². The van der Waals surface area contributed by atoms with Crippen LogP contribution in [0.4, 0.5) is 0 Å². The van der Waals surface area contributed by atoms with E-state index in [0.29, 0.717) is 13.0 Å². The minimum atomic E-state index is -0.959. The van der Waals surface area contributed by atoms with Crippen molar-refractivity contribution in [3.63, 3.8) is 0 Å². The van der Waals surface area contributed by atoms with Gasteiger partial charge in [0.25, 0.3) is 0 Å². The summed E-state index contributed by atoms with van der Waals surface area (Å²) in [7, 11) is 0. The predicted octanol–water partition coefficient (Wildman–Crippen LogP) is 0.684. The van der Waals surface area contributed by atoms with Crippen LogP contribution in [0.2, 0.25) is 0 Å². The fourth-order valence-electron chi connectivity index (χ4n) is 2.44. The van der Waals surface area contributed by atoms with Gasteiger partial charge in [-0.2, -0.15) is 11.8 Å². The van der Waals surface area contributed by atoms with Crippen molar-refractivity contribution in [3.8, 4) is 0 Å². The van der Waals surface area contributed by atoms with E-state index in [1.807, 2.05) is 6.26 Å². The highest BCUT2D eigenvalue weighted by Crippen LogP contribution is 2.31. The first-order valence-corrected chi connectivity index (χ1v) is 7.71. The molecule has 4 N–H and O–H groups in total. The summed E-state index contributed by atoms with van der Waals surface area (Å²) in [6, 6.07) is -0.774. The third kappa shape index (κ3) is 4.17. The Balaban J connectivity index is 2.52. The molecule has 0 aromatic carbocycles. The molecule has 0 saturated heterocycles. The van der Waals surface area contributed by atoms with E-state index in [2.05, 4.69) is 5.32 Å². The van der Waals surface area contributed by atoms with E-state index in [4.69, 9.17) is 10.8 Å². The first-order valence-electron chi connectivity index (χ1n) is 6.32. The number of rotatable bonds is 7. The van der Waals surface area contributed by atoms with Crippen LogP contribution in [0.3, 0.4) is 0 Å². The Morgan fingerprint density at radius 1 is 1.50 bits per heavy atom. The molecule has 0 bridgehead atoms. The first-order chi connectivity index (χ1) is 8.60. The molecule has 2 unspecified atom stereocenters. The smallest absolute Gasteiger partial charge is 0.326 e. The number of carbonyl (C=O) groups excluding carboxylic acids is 1. The number of amides is 1. The highest BCUT2D eigenvalue weighted by atomic mass is 32.2. The molecule has 0 heterocycles.